The lowest BCUT2D eigenvalue weighted by molar-refractivity contribution is -0.384. The summed E-state index contributed by atoms with van der Waals surface area (Å²) >= 11 is 0. The van der Waals surface area contributed by atoms with Gasteiger partial charge in [0.15, 0.2) is 0 Å². The van der Waals surface area contributed by atoms with Crippen LogP contribution in [0, 0.1) is 10.1 Å². The van der Waals surface area contributed by atoms with Gasteiger partial charge in [-0.1, -0.05) is 0 Å². The predicted molar refractivity (Wildman–Crippen MR) is 71.1 cm³/mol. The number of hydrogen-bond acceptors (Lipinski definition) is 6. The first-order chi connectivity index (χ1) is 8.97. The summed E-state index contributed by atoms with van der Waals surface area (Å²) in [6, 6.07) is 2.92. The standard InChI is InChI=1S/C10H14N4O5S/c1-10(2,9(12)15)13-20(18,19)8-4-3-6(14(16)17)5-7(8)11/h3-5,13H,11H2,1-2H3,(H2,12,15). The quantitative estimate of drug-likeness (QED) is 0.385. The molecule has 20 heavy (non-hydrogen) atoms. The Morgan fingerprint density at radius 2 is 1.95 bits per heavy atom. The van der Waals surface area contributed by atoms with Crippen LogP contribution in [0.5, 0.6) is 0 Å². The summed E-state index contributed by atoms with van der Waals surface area (Å²) in [6.45, 7) is 2.57. The average molecular weight is 302 g/mol. The van der Waals surface area contributed by atoms with Crippen molar-refractivity contribution in [2.24, 2.45) is 5.73 Å². The minimum absolute atomic E-state index is 0.299. The summed E-state index contributed by atoms with van der Waals surface area (Å²) in [5, 5.41) is 10.6. The highest BCUT2D eigenvalue weighted by atomic mass is 32.2. The summed E-state index contributed by atoms with van der Waals surface area (Å²) in [4.78, 5) is 20.6. The lowest BCUT2D eigenvalue weighted by atomic mass is 10.1. The number of nitrogens with zero attached hydrogens (tertiary/aromatic N) is 1. The molecule has 0 aliphatic carbocycles. The lowest BCUT2D eigenvalue weighted by Gasteiger charge is -2.22. The van der Waals surface area contributed by atoms with Crippen LogP contribution in [0.2, 0.25) is 0 Å². The van der Waals surface area contributed by atoms with E-state index >= 15 is 0 Å². The van der Waals surface area contributed by atoms with Crippen LogP contribution in [0.1, 0.15) is 13.8 Å². The predicted octanol–water partition coefficient (Wildman–Crippen LogP) is -0.281. The second kappa shape index (κ2) is 5.06. The zero-order valence-corrected chi connectivity index (χ0v) is 11.6. The highest BCUT2D eigenvalue weighted by Crippen LogP contribution is 2.24. The molecule has 0 fully saturated rings. The van der Waals surface area contributed by atoms with Crippen LogP contribution in [0.4, 0.5) is 11.4 Å². The molecule has 0 bridgehead atoms. The second-order valence-corrected chi connectivity index (χ2v) is 6.22. The van der Waals surface area contributed by atoms with Gasteiger partial charge in [0.1, 0.15) is 10.4 Å². The molecular formula is C10H14N4O5S. The van der Waals surface area contributed by atoms with E-state index < -0.39 is 26.4 Å². The molecule has 1 rings (SSSR count). The Morgan fingerprint density at radius 1 is 1.40 bits per heavy atom. The first kappa shape index (κ1) is 15.9. The van der Waals surface area contributed by atoms with Gasteiger partial charge in [-0.05, 0) is 19.9 Å². The van der Waals surface area contributed by atoms with Crippen molar-refractivity contribution < 1.29 is 18.1 Å². The van der Waals surface area contributed by atoms with E-state index in [1.165, 1.54) is 13.8 Å². The van der Waals surface area contributed by atoms with Crippen molar-refractivity contribution in [2.75, 3.05) is 5.73 Å². The van der Waals surface area contributed by atoms with Gasteiger partial charge in [-0.25, -0.2) is 8.42 Å². The Hall–Kier alpha value is -2.20. The fourth-order valence-corrected chi connectivity index (χ4v) is 2.83. The first-order valence-electron chi connectivity index (χ1n) is 5.35. The summed E-state index contributed by atoms with van der Waals surface area (Å²) in [7, 11) is -4.13. The van der Waals surface area contributed by atoms with E-state index in [2.05, 4.69) is 4.72 Å². The number of carbonyl (C=O) groups is 1. The van der Waals surface area contributed by atoms with E-state index in [9.17, 15) is 23.3 Å². The molecule has 0 heterocycles. The Morgan fingerprint density at radius 3 is 2.35 bits per heavy atom. The topological polar surface area (TPSA) is 158 Å². The van der Waals surface area contributed by atoms with Crippen LogP contribution in [0.25, 0.3) is 0 Å². The van der Waals surface area contributed by atoms with Crippen LogP contribution < -0.4 is 16.2 Å². The summed E-state index contributed by atoms with van der Waals surface area (Å²) < 4.78 is 26.3. The molecule has 0 aliphatic heterocycles. The molecule has 0 radical (unpaired) electrons. The molecule has 0 unspecified atom stereocenters. The average Bonchev–Trinajstić information content (AvgIpc) is 2.26. The number of carbonyl (C=O) groups excluding carboxylic acids is 1. The Kier molecular flexibility index (Phi) is 4.01. The fraction of sp³-hybridized carbons (Fsp3) is 0.300. The minimum atomic E-state index is -4.13. The van der Waals surface area contributed by atoms with Crippen molar-refractivity contribution >= 4 is 27.3 Å². The van der Waals surface area contributed by atoms with Gasteiger partial charge in [-0.2, -0.15) is 4.72 Å². The third-order valence-electron chi connectivity index (χ3n) is 2.50. The molecule has 9 nitrogen and oxygen atoms in total. The maximum atomic E-state index is 12.1. The number of primary amides is 1. The number of nitro benzene ring substituents is 1. The maximum absolute atomic E-state index is 12.1. The number of rotatable bonds is 5. The number of nitro groups is 1. The molecular weight excluding hydrogens is 288 g/mol. The third kappa shape index (κ3) is 3.22. The van der Waals surface area contributed by atoms with Gasteiger partial charge in [0, 0.05) is 12.1 Å². The maximum Gasteiger partial charge on any atom is 0.271 e. The molecule has 0 saturated heterocycles. The van der Waals surface area contributed by atoms with Crippen LogP contribution in [0.15, 0.2) is 23.1 Å². The van der Waals surface area contributed by atoms with Crippen molar-refractivity contribution in [1.29, 1.82) is 0 Å². The number of non-ortho nitro benzene ring substituents is 1. The zero-order valence-electron chi connectivity index (χ0n) is 10.8. The molecule has 0 atom stereocenters. The van der Waals surface area contributed by atoms with Gasteiger partial charge < -0.3 is 11.5 Å². The van der Waals surface area contributed by atoms with Crippen LogP contribution >= 0.6 is 0 Å². The van der Waals surface area contributed by atoms with Gasteiger partial charge in [-0.15, -0.1) is 0 Å². The molecule has 110 valence electrons. The Balaban J connectivity index is 3.24. The van der Waals surface area contributed by atoms with E-state index in [0.717, 1.165) is 18.2 Å². The SMILES string of the molecule is CC(C)(NS(=O)(=O)c1ccc([N+](=O)[O-])cc1N)C(N)=O. The van der Waals surface area contributed by atoms with Gasteiger partial charge in [-0.3, -0.25) is 14.9 Å². The van der Waals surface area contributed by atoms with Crippen LogP contribution in [0.3, 0.4) is 0 Å². The van der Waals surface area contributed by atoms with Crippen LogP contribution in [-0.2, 0) is 14.8 Å². The lowest BCUT2D eigenvalue weighted by Crippen LogP contribution is -2.52. The number of sulfonamides is 1. The van der Waals surface area contributed by atoms with Gasteiger partial charge in [0.2, 0.25) is 15.9 Å². The molecule has 0 saturated carbocycles. The third-order valence-corrected chi connectivity index (χ3v) is 4.23. The Labute approximate surface area is 115 Å². The van der Waals surface area contributed by atoms with Crippen molar-refractivity contribution in [3.05, 3.63) is 28.3 Å². The molecule has 0 aliphatic rings. The van der Waals surface area contributed by atoms with E-state index in [1.807, 2.05) is 0 Å². The van der Waals surface area contributed by atoms with Gasteiger partial charge >= 0.3 is 0 Å². The minimum Gasteiger partial charge on any atom is -0.397 e. The molecule has 5 N–H and O–H groups in total. The molecule has 10 heteroatoms. The van der Waals surface area contributed by atoms with E-state index in [4.69, 9.17) is 11.5 Å². The number of nitrogens with one attached hydrogen (secondary N) is 1. The van der Waals surface area contributed by atoms with Gasteiger partial charge in [0.05, 0.1) is 10.6 Å². The fourth-order valence-electron chi connectivity index (χ4n) is 1.34. The summed E-state index contributed by atoms with van der Waals surface area (Å²) in [5.41, 5.74) is 8.41. The zero-order chi connectivity index (χ0) is 15.7. The largest absolute Gasteiger partial charge is 0.397 e. The normalized spacial score (nSPS) is 12.1. The van der Waals surface area contributed by atoms with Gasteiger partial charge in [0.25, 0.3) is 5.69 Å². The van der Waals surface area contributed by atoms with Crippen molar-refractivity contribution in [3.8, 4) is 0 Å². The highest BCUT2D eigenvalue weighted by molar-refractivity contribution is 7.89. The molecule has 1 amide bonds. The molecule has 0 aromatic heterocycles. The summed E-state index contributed by atoms with van der Waals surface area (Å²) in [5.74, 6) is -0.874. The highest BCUT2D eigenvalue weighted by Gasteiger charge is 2.32. The number of hydrogen-bond donors (Lipinski definition) is 3. The van der Waals surface area contributed by atoms with Crippen molar-refractivity contribution in [1.82, 2.24) is 4.72 Å². The number of anilines is 1. The number of amides is 1. The molecule has 1 aromatic carbocycles. The molecule has 0 spiro atoms. The van der Waals surface area contributed by atoms with Crippen LogP contribution in [-0.4, -0.2) is 24.8 Å². The number of nitrogen functional groups attached to an aromatic ring is 1. The summed E-state index contributed by atoms with van der Waals surface area (Å²) in [6.07, 6.45) is 0. The van der Waals surface area contributed by atoms with E-state index in [0.29, 0.717) is 0 Å². The molecule has 1 aromatic rings. The van der Waals surface area contributed by atoms with Crippen molar-refractivity contribution in [2.45, 2.75) is 24.3 Å². The first-order valence-corrected chi connectivity index (χ1v) is 6.83. The van der Waals surface area contributed by atoms with Crippen molar-refractivity contribution in [3.63, 3.8) is 0 Å². The monoisotopic (exact) mass is 302 g/mol. The van der Waals surface area contributed by atoms with E-state index in [-0.39, 0.29) is 16.3 Å². The number of benzene rings is 1. The smallest absolute Gasteiger partial charge is 0.271 e. The number of nitrogens with two attached hydrogens (primary N) is 2. The Bertz CT molecular complexity index is 668. The second-order valence-electron chi connectivity index (χ2n) is 4.57. The van der Waals surface area contributed by atoms with E-state index in [1.54, 1.807) is 0 Å².